The largest absolute Gasteiger partial charge is 0.345 e. The van der Waals surface area contributed by atoms with E-state index in [1.807, 2.05) is 25.5 Å². The zero-order valence-corrected chi connectivity index (χ0v) is 13.5. The van der Waals surface area contributed by atoms with Crippen LogP contribution in [0.25, 0.3) is 0 Å². The van der Waals surface area contributed by atoms with Crippen LogP contribution in [0.3, 0.4) is 0 Å². The summed E-state index contributed by atoms with van der Waals surface area (Å²) in [6.45, 7) is 6.25. The van der Waals surface area contributed by atoms with E-state index < -0.39 is 0 Å². The molecule has 1 aliphatic rings. The van der Waals surface area contributed by atoms with Crippen LogP contribution in [-0.4, -0.2) is 31.4 Å². The summed E-state index contributed by atoms with van der Waals surface area (Å²) in [7, 11) is 0. The third-order valence-electron chi connectivity index (χ3n) is 4.30. The topological polar surface area (TPSA) is 57.7 Å². The fourth-order valence-electron chi connectivity index (χ4n) is 3.17. The Bertz CT molecular complexity index is 607. The molecule has 0 bridgehead atoms. The number of H-pyrrole nitrogens is 1. The van der Waals surface area contributed by atoms with Crippen LogP contribution in [0.4, 0.5) is 0 Å². The molecule has 22 heavy (non-hydrogen) atoms. The summed E-state index contributed by atoms with van der Waals surface area (Å²) in [6, 6.07) is 0.384. The maximum absolute atomic E-state index is 4.66. The number of imidazole rings is 1. The number of rotatable bonds is 6. The van der Waals surface area contributed by atoms with Gasteiger partial charge in [-0.3, -0.25) is 14.9 Å². The highest BCUT2D eigenvalue weighted by Crippen LogP contribution is 2.31. The van der Waals surface area contributed by atoms with Gasteiger partial charge in [-0.25, -0.2) is 4.98 Å². The van der Waals surface area contributed by atoms with Crippen molar-refractivity contribution in [3.63, 3.8) is 0 Å². The fourth-order valence-corrected chi connectivity index (χ4v) is 3.17. The monoisotopic (exact) mass is 299 g/mol. The summed E-state index contributed by atoms with van der Waals surface area (Å²) in [6.07, 6.45) is 11.5. The zero-order valence-electron chi connectivity index (χ0n) is 13.5. The van der Waals surface area contributed by atoms with Crippen molar-refractivity contribution in [1.82, 2.24) is 24.8 Å². The predicted octanol–water partition coefficient (Wildman–Crippen LogP) is 3.19. The van der Waals surface area contributed by atoms with Gasteiger partial charge in [-0.2, -0.15) is 0 Å². The molecule has 1 aliphatic heterocycles. The van der Waals surface area contributed by atoms with Crippen LogP contribution in [0.15, 0.2) is 18.6 Å². The van der Waals surface area contributed by atoms with Gasteiger partial charge >= 0.3 is 0 Å². The highest BCUT2D eigenvalue weighted by atomic mass is 15.2. The Morgan fingerprint density at radius 3 is 3.05 bits per heavy atom. The van der Waals surface area contributed by atoms with E-state index in [2.05, 4.69) is 31.8 Å². The van der Waals surface area contributed by atoms with E-state index in [1.165, 1.54) is 25.0 Å². The van der Waals surface area contributed by atoms with E-state index in [1.54, 1.807) is 0 Å². The highest BCUT2D eigenvalue weighted by molar-refractivity contribution is 5.10. The quantitative estimate of drug-likeness (QED) is 0.890. The summed E-state index contributed by atoms with van der Waals surface area (Å²) in [5.41, 5.74) is 3.30. The van der Waals surface area contributed by atoms with Gasteiger partial charge in [-0.15, -0.1) is 0 Å². The third-order valence-corrected chi connectivity index (χ3v) is 4.30. The van der Waals surface area contributed by atoms with Crippen LogP contribution in [-0.2, 0) is 13.0 Å². The summed E-state index contributed by atoms with van der Waals surface area (Å²) in [5, 5.41) is 0. The molecule has 0 aliphatic carbocycles. The van der Waals surface area contributed by atoms with Crippen molar-refractivity contribution in [2.45, 2.75) is 58.5 Å². The van der Waals surface area contributed by atoms with Crippen LogP contribution in [0, 0.1) is 6.92 Å². The number of aryl methyl sites for hydroxylation is 2. The van der Waals surface area contributed by atoms with Gasteiger partial charge in [-0.05, 0) is 32.7 Å². The minimum absolute atomic E-state index is 0.384. The van der Waals surface area contributed by atoms with E-state index in [9.17, 15) is 0 Å². The lowest BCUT2D eigenvalue weighted by atomic mass is 10.1. The first-order chi connectivity index (χ1) is 10.8. The van der Waals surface area contributed by atoms with Crippen molar-refractivity contribution in [2.75, 3.05) is 6.54 Å². The van der Waals surface area contributed by atoms with Crippen molar-refractivity contribution >= 4 is 0 Å². The second-order valence-corrected chi connectivity index (χ2v) is 6.17. The molecular formula is C17H25N5. The average molecular weight is 299 g/mol. The zero-order chi connectivity index (χ0) is 15.4. The van der Waals surface area contributed by atoms with Crippen LogP contribution in [0.1, 0.15) is 61.6 Å². The summed E-state index contributed by atoms with van der Waals surface area (Å²) >= 11 is 0. The van der Waals surface area contributed by atoms with E-state index in [4.69, 9.17) is 0 Å². The lowest BCUT2D eigenvalue weighted by molar-refractivity contribution is 0.241. The highest BCUT2D eigenvalue weighted by Gasteiger charge is 2.27. The van der Waals surface area contributed by atoms with Gasteiger partial charge in [0.05, 0.1) is 17.4 Å². The maximum atomic E-state index is 4.66. The third kappa shape index (κ3) is 3.53. The van der Waals surface area contributed by atoms with Gasteiger partial charge in [0.1, 0.15) is 5.82 Å². The molecule has 3 rings (SSSR count). The molecule has 2 aromatic rings. The van der Waals surface area contributed by atoms with Crippen molar-refractivity contribution in [3.8, 4) is 0 Å². The molecule has 0 aromatic carbocycles. The Balaban J connectivity index is 1.67. The SMILES string of the molecule is CCCCc1ncc(CN2CCC[C@@H]2c2cncc(C)n2)[nH]1. The van der Waals surface area contributed by atoms with Crippen LogP contribution >= 0.6 is 0 Å². The number of hydrogen-bond acceptors (Lipinski definition) is 4. The predicted molar refractivity (Wildman–Crippen MR) is 86.4 cm³/mol. The number of unbranched alkanes of at least 4 members (excludes halogenated alkanes) is 1. The molecule has 5 nitrogen and oxygen atoms in total. The Labute approximate surface area is 132 Å². The summed E-state index contributed by atoms with van der Waals surface area (Å²) in [4.78, 5) is 19.4. The molecule has 0 saturated carbocycles. The first-order valence-corrected chi connectivity index (χ1v) is 8.31. The smallest absolute Gasteiger partial charge is 0.106 e. The molecule has 0 amide bonds. The molecule has 0 unspecified atom stereocenters. The normalized spacial score (nSPS) is 18.9. The minimum Gasteiger partial charge on any atom is -0.345 e. The van der Waals surface area contributed by atoms with Gasteiger partial charge < -0.3 is 4.98 Å². The van der Waals surface area contributed by atoms with Crippen molar-refractivity contribution in [1.29, 1.82) is 0 Å². The van der Waals surface area contributed by atoms with Crippen LogP contribution < -0.4 is 0 Å². The second-order valence-electron chi connectivity index (χ2n) is 6.17. The van der Waals surface area contributed by atoms with Crippen molar-refractivity contribution in [3.05, 3.63) is 41.5 Å². The minimum atomic E-state index is 0.384. The van der Waals surface area contributed by atoms with E-state index in [0.717, 1.165) is 43.1 Å². The molecule has 5 heteroatoms. The number of aromatic nitrogens is 4. The molecule has 1 saturated heterocycles. The summed E-state index contributed by atoms with van der Waals surface area (Å²) < 4.78 is 0. The van der Waals surface area contributed by atoms with E-state index >= 15 is 0 Å². The number of likely N-dealkylation sites (tertiary alicyclic amines) is 1. The van der Waals surface area contributed by atoms with Crippen LogP contribution in [0.2, 0.25) is 0 Å². The first kappa shape index (κ1) is 15.2. The van der Waals surface area contributed by atoms with E-state index in [-0.39, 0.29) is 0 Å². The molecule has 118 valence electrons. The van der Waals surface area contributed by atoms with Crippen molar-refractivity contribution < 1.29 is 0 Å². The van der Waals surface area contributed by atoms with Gasteiger partial charge in [0.2, 0.25) is 0 Å². The molecule has 0 radical (unpaired) electrons. The fraction of sp³-hybridized carbons (Fsp3) is 0.588. The molecule has 2 aromatic heterocycles. The first-order valence-electron chi connectivity index (χ1n) is 8.31. The second kappa shape index (κ2) is 7.01. The van der Waals surface area contributed by atoms with Gasteiger partial charge in [0.15, 0.2) is 0 Å². The standard InChI is InChI=1S/C17H25N5/c1-3-4-7-17-19-10-14(21-17)12-22-8-5-6-16(22)15-11-18-9-13(2)20-15/h9-11,16H,3-8,12H2,1-2H3,(H,19,21)/t16-/m1/s1. The Hall–Kier alpha value is -1.75. The molecule has 1 fully saturated rings. The number of aromatic amines is 1. The molecule has 1 atom stereocenters. The van der Waals surface area contributed by atoms with Gasteiger partial charge in [0, 0.05) is 37.3 Å². The Morgan fingerprint density at radius 1 is 1.32 bits per heavy atom. The van der Waals surface area contributed by atoms with Gasteiger partial charge in [-0.1, -0.05) is 13.3 Å². The maximum Gasteiger partial charge on any atom is 0.106 e. The van der Waals surface area contributed by atoms with Gasteiger partial charge in [0.25, 0.3) is 0 Å². The number of nitrogens with zero attached hydrogens (tertiary/aromatic N) is 4. The molecule has 1 N–H and O–H groups in total. The number of hydrogen-bond donors (Lipinski definition) is 1. The molecule has 0 spiro atoms. The van der Waals surface area contributed by atoms with E-state index in [0.29, 0.717) is 6.04 Å². The average Bonchev–Trinajstić information content (AvgIpc) is 3.15. The lowest BCUT2D eigenvalue weighted by Crippen LogP contribution is -2.24. The molecular weight excluding hydrogens is 274 g/mol. The lowest BCUT2D eigenvalue weighted by Gasteiger charge is -2.23. The summed E-state index contributed by atoms with van der Waals surface area (Å²) in [5.74, 6) is 1.11. The number of nitrogens with one attached hydrogen (secondary N) is 1. The molecule has 3 heterocycles. The Morgan fingerprint density at radius 2 is 2.23 bits per heavy atom. The van der Waals surface area contributed by atoms with Crippen LogP contribution in [0.5, 0.6) is 0 Å². The van der Waals surface area contributed by atoms with Crippen molar-refractivity contribution in [2.24, 2.45) is 0 Å². The Kier molecular flexibility index (Phi) is 4.83.